The molecule has 2 nitrogen and oxygen atoms in total. The summed E-state index contributed by atoms with van der Waals surface area (Å²) in [5, 5.41) is 0. The minimum absolute atomic E-state index is 0.377. The smallest absolute Gasteiger partial charge is 0.0737 e. The van der Waals surface area contributed by atoms with Gasteiger partial charge < -0.3 is 4.74 Å². The summed E-state index contributed by atoms with van der Waals surface area (Å²) in [7, 11) is 1.76. The van der Waals surface area contributed by atoms with Gasteiger partial charge in [0.05, 0.1) is 6.61 Å². The Labute approximate surface area is 140 Å². The zero-order chi connectivity index (χ0) is 17.1. The van der Waals surface area contributed by atoms with Crippen LogP contribution >= 0.6 is 0 Å². The van der Waals surface area contributed by atoms with Gasteiger partial charge in [0, 0.05) is 24.1 Å². The van der Waals surface area contributed by atoms with Crippen LogP contribution < -0.4 is 0 Å². The van der Waals surface area contributed by atoms with Crippen LogP contribution in [0, 0.1) is 13.8 Å². The first-order valence-corrected chi connectivity index (χ1v) is 8.46. The van der Waals surface area contributed by atoms with Gasteiger partial charge in [0.25, 0.3) is 0 Å². The number of hydrogen-bond donors (Lipinski definition) is 0. The van der Waals surface area contributed by atoms with Gasteiger partial charge in [-0.15, -0.1) is 0 Å². The molecule has 1 aromatic heterocycles. The highest BCUT2D eigenvalue weighted by atomic mass is 16.5. The number of methoxy groups -OCH3 is 1. The number of benzene rings is 1. The molecule has 0 aliphatic rings. The maximum Gasteiger partial charge on any atom is 0.0737 e. The van der Waals surface area contributed by atoms with Crippen LogP contribution in [0.15, 0.2) is 24.3 Å². The lowest BCUT2D eigenvalue weighted by Gasteiger charge is -2.23. The Hall–Kier alpha value is -1.67. The standard InChI is InChI=1S/C21H29NO/c1-13(2)20-16(6)19(17-10-8-15(5)9-11-17)18(12-23-7)21(22-20)14(3)4/h8-11,13-14H,12H2,1-7H3. The molecule has 0 aliphatic heterocycles. The molecule has 0 saturated heterocycles. The van der Waals surface area contributed by atoms with E-state index in [9.17, 15) is 0 Å². The van der Waals surface area contributed by atoms with Crippen LogP contribution in [-0.2, 0) is 11.3 Å². The van der Waals surface area contributed by atoms with E-state index in [4.69, 9.17) is 9.72 Å². The molecule has 1 aromatic carbocycles. The molecule has 0 saturated carbocycles. The normalized spacial score (nSPS) is 11.5. The van der Waals surface area contributed by atoms with Gasteiger partial charge in [0.1, 0.15) is 0 Å². The van der Waals surface area contributed by atoms with Crippen molar-refractivity contribution in [2.24, 2.45) is 0 Å². The summed E-state index contributed by atoms with van der Waals surface area (Å²) < 4.78 is 5.52. The van der Waals surface area contributed by atoms with Crippen LogP contribution in [0.25, 0.3) is 11.1 Å². The maximum absolute atomic E-state index is 5.52. The third kappa shape index (κ3) is 3.64. The molecule has 2 rings (SSSR count). The highest BCUT2D eigenvalue weighted by Crippen LogP contribution is 2.36. The van der Waals surface area contributed by atoms with Gasteiger partial charge >= 0.3 is 0 Å². The SMILES string of the molecule is COCc1c(C(C)C)nc(C(C)C)c(C)c1-c1ccc(C)cc1. The quantitative estimate of drug-likeness (QED) is 0.700. The fourth-order valence-corrected chi connectivity index (χ4v) is 3.20. The molecular formula is C21H29NO. The van der Waals surface area contributed by atoms with E-state index in [1.54, 1.807) is 7.11 Å². The first-order valence-electron chi connectivity index (χ1n) is 8.46. The molecule has 0 unspecified atom stereocenters. The third-order valence-electron chi connectivity index (χ3n) is 4.33. The van der Waals surface area contributed by atoms with E-state index < -0.39 is 0 Å². The summed E-state index contributed by atoms with van der Waals surface area (Å²) in [5.41, 5.74) is 8.71. The molecule has 0 fully saturated rings. The molecule has 2 heteroatoms. The predicted octanol–water partition coefficient (Wildman–Crippen LogP) is 5.76. The Morgan fingerprint density at radius 3 is 1.96 bits per heavy atom. The van der Waals surface area contributed by atoms with Crippen molar-refractivity contribution in [1.29, 1.82) is 0 Å². The molecule has 0 spiro atoms. The molecule has 0 N–H and O–H groups in total. The lowest BCUT2D eigenvalue weighted by Crippen LogP contribution is -2.11. The van der Waals surface area contributed by atoms with Gasteiger partial charge in [0.15, 0.2) is 0 Å². The number of ether oxygens (including phenoxy) is 1. The van der Waals surface area contributed by atoms with Crippen molar-refractivity contribution in [2.75, 3.05) is 7.11 Å². The second-order valence-corrected chi connectivity index (χ2v) is 6.97. The maximum atomic E-state index is 5.52. The van der Waals surface area contributed by atoms with Crippen molar-refractivity contribution in [3.05, 3.63) is 52.3 Å². The summed E-state index contributed by atoms with van der Waals surface area (Å²) >= 11 is 0. The van der Waals surface area contributed by atoms with E-state index in [1.165, 1.54) is 33.5 Å². The van der Waals surface area contributed by atoms with Gasteiger partial charge in [-0.2, -0.15) is 0 Å². The number of nitrogens with zero attached hydrogens (tertiary/aromatic N) is 1. The minimum Gasteiger partial charge on any atom is -0.380 e. The van der Waals surface area contributed by atoms with Crippen LogP contribution in [0.5, 0.6) is 0 Å². The number of hydrogen-bond acceptors (Lipinski definition) is 2. The van der Waals surface area contributed by atoms with Gasteiger partial charge in [-0.3, -0.25) is 4.98 Å². The Morgan fingerprint density at radius 1 is 0.913 bits per heavy atom. The molecule has 1 heterocycles. The summed E-state index contributed by atoms with van der Waals surface area (Å²) in [5.74, 6) is 0.788. The van der Waals surface area contributed by atoms with Gasteiger partial charge in [0.2, 0.25) is 0 Å². The van der Waals surface area contributed by atoms with Gasteiger partial charge in [-0.05, 0) is 42.4 Å². The lowest BCUT2D eigenvalue weighted by atomic mass is 9.88. The highest BCUT2D eigenvalue weighted by Gasteiger charge is 2.21. The first-order chi connectivity index (χ1) is 10.9. The number of rotatable bonds is 5. The molecule has 0 aliphatic carbocycles. The van der Waals surface area contributed by atoms with E-state index in [0.717, 1.165) is 5.69 Å². The minimum atomic E-state index is 0.377. The molecule has 23 heavy (non-hydrogen) atoms. The molecular weight excluding hydrogens is 282 g/mol. The summed E-state index contributed by atoms with van der Waals surface area (Å²) in [4.78, 5) is 5.01. The van der Waals surface area contributed by atoms with Crippen molar-refractivity contribution in [3.8, 4) is 11.1 Å². The van der Waals surface area contributed by atoms with Crippen LogP contribution in [0.3, 0.4) is 0 Å². The Bertz CT molecular complexity index is 669. The van der Waals surface area contributed by atoms with Crippen LogP contribution in [0.4, 0.5) is 0 Å². The van der Waals surface area contributed by atoms with Crippen molar-refractivity contribution < 1.29 is 4.74 Å². The van der Waals surface area contributed by atoms with Gasteiger partial charge in [-0.25, -0.2) is 0 Å². The van der Waals surface area contributed by atoms with E-state index in [-0.39, 0.29) is 0 Å². The Morgan fingerprint density at radius 2 is 1.48 bits per heavy atom. The van der Waals surface area contributed by atoms with Crippen LogP contribution in [0.2, 0.25) is 0 Å². The van der Waals surface area contributed by atoms with Gasteiger partial charge in [-0.1, -0.05) is 57.5 Å². The zero-order valence-corrected chi connectivity index (χ0v) is 15.5. The summed E-state index contributed by atoms with van der Waals surface area (Å²) in [6.07, 6.45) is 0. The molecule has 0 amide bonds. The van der Waals surface area contributed by atoms with Crippen LogP contribution in [-0.4, -0.2) is 12.1 Å². The average molecular weight is 311 g/mol. The van der Waals surface area contributed by atoms with Crippen LogP contribution in [0.1, 0.15) is 67.6 Å². The number of aryl methyl sites for hydroxylation is 1. The fraction of sp³-hybridized carbons (Fsp3) is 0.476. The predicted molar refractivity (Wildman–Crippen MR) is 98.0 cm³/mol. The van der Waals surface area contributed by atoms with Crippen molar-refractivity contribution >= 4 is 0 Å². The van der Waals surface area contributed by atoms with Crippen molar-refractivity contribution in [2.45, 2.75) is 60.0 Å². The highest BCUT2D eigenvalue weighted by molar-refractivity contribution is 5.73. The molecule has 124 valence electrons. The first kappa shape index (κ1) is 17.7. The average Bonchev–Trinajstić information content (AvgIpc) is 2.48. The molecule has 2 aromatic rings. The summed E-state index contributed by atoms with van der Waals surface area (Å²) in [6, 6.07) is 8.78. The third-order valence-corrected chi connectivity index (χ3v) is 4.33. The number of aromatic nitrogens is 1. The topological polar surface area (TPSA) is 22.1 Å². The monoisotopic (exact) mass is 311 g/mol. The fourth-order valence-electron chi connectivity index (χ4n) is 3.20. The Kier molecular flexibility index (Phi) is 5.59. The zero-order valence-electron chi connectivity index (χ0n) is 15.5. The second-order valence-electron chi connectivity index (χ2n) is 6.97. The molecule has 0 radical (unpaired) electrons. The molecule has 0 bridgehead atoms. The number of pyridine rings is 1. The Balaban J connectivity index is 2.81. The van der Waals surface area contributed by atoms with Crippen molar-refractivity contribution in [3.63, 3.8) is 0 Å². The van der Waals surface area contributed by atoms with E-state index in [2.05, 4.69) is 65.8 Å². The van der Waals surface area contributed by atoms with Crippen molar-refractivity contribution in [1.82, 2.24) is 4.98 Å². The molecule has 0 atom stereocenters. The van der Waals surface area contributed by atoms with E-state index >= 15 is 0 Å². The summed E-state index contributed by atoms with van der Waals surface area (Å²) in [6.45, 7) is 13.8. The lowest BCUT2D eigenvalue weighted by molar-refractivity contribution is 0.184. The largest absolute Gasteiger partial charge is 0.380 e. The second kappa shape index (κ2) is 7.27. The van der Waals surface area contributed by atoms with E-state index in [0.29, 0.717) is 18.4 Å². The van der Waals surface area contributed by atoms with E-state index in [1.807, 2.05) is 0 Å².